The molecule has 2 rings (SSSR count). The highest BCUT2D eigenvalue weighted by Gasteiger charge is 2.73. The molecule has 196 valence electrons. The third kappa shape index (κ3) is 6.50. The van der Waals surface area contributed by atoms with Crippen molar-refractivity contribution in [2.45, 2.75) is 24.4 Å². The lowest BCUT2D eigenvalue weighted by molar-refractivity contribution is -0.348. The second-order valence-electron chi connectivity index (χ2n) is 6.96. The van der Waals surface area contributed by atoms with Gasteiger partial charge < -0.3 is 10.1 Å². The Bertz CT molecular complexity index is 1260. The van der Waals surface area contributed by atoms with Gasteiger partial charge in [0, 0.05) is 20.1 Å². The molecule has 0 aliphatic heterocycles. The first-order chi connectivity index (χ1) is 17.1. The molecule has 7 nitrogen and oxygen atoms in total. The smallest absolute Gasteiger partial charge is 0.435 e. The van der Waals surface area contributed by atoms with Gasteiger partial charge in [-0.05, 0) is 62.2 Å². The zero-order chi connectivity index (χ0) is 28.2. The number of halogens is 9. The van der Waals surface area contributed by atoms with E-state index in [1.54, 1.807) is 12.1 Å². The van der Waals surface area contributed by atoms with Gasteiger partial charge in [-0.25, -0.2) is 9.18 Å². The lowest BCUT2D eigenvalue weighted by Gasteiger charge is -2.31. The Labute approximate surface area is 220 Å². The Balaban J connectivity index is 2.39. The number of anilines is 2. The van der Waals surface area contributed by atoms with Crippen LogP contribution < -0.4 is 10.6 Å². The topological polar surface area (TPSA) is 115 Å². The molecule has 37 heavy (non-hydrogen) atoms. The van der Waals surface area contributed by atoms with Gasteiger partial charge in [0.2, 0.25) is 0 Å². The molecule has 0 unspecified atom stereocenters. The van der Waals surface area contributed by atoms with E-state index >= 15 is 0 Å². The Morgan fingerprint density at radius 3 is 1.97 bits per heavy atom. The SMILES string of the molecule is N#CCCOC(=O)Nc1cc(C(=O)Nc2c(Br)cc(C(F)(C(F)(F)F)C(F)(F)F)cc2Br)ccc1C#N. The molecule has 2 aromatic rings. The quantitative estimate of drug-likeness (QED) is 0.254. The lowest BCUT2D eigenvalue weighted by Crippen LogP contribution is -2.50. The molecule has 0 aliphatic rings. The van der Waals surface area contributed by atoms with Crippen molar-refractivity contribution in [3.63, 3.8) is 0 Å². The number of carbonyl (C=O) groups is 2. The fourth-order valence-corrected chi connectivity index (χ4v) is 4.17. The van der Waals surface area contributed by atoms with E-state index in [0.717, 1.165) is 18.2 Å². The molecular formula is C21H11Br2F7N4O3. The molecule has 2 N–H and O–H groups in total. The van der Waals surface area contributed by atoms with Gasteiger partial charge in [-0.2, -0.15) is 36.9 Å². The number of rotatable bonds is 6. The van der Waals surface area contributed by atoms with Crippen molar-refractivity contribution in [2.24, 2.45) is 0 Å². The number of alkyl halides is 7. The summed E-state index contributed by atoms with van der Waals surface area (Å²) < 4.78 is 96.6. The van der Waals surface area contributed by atoms with Crippen LogP contribution in [0.2, 0.25) is 0 Å². The number of amides is 2. The fourth-order valence-electron chi connectivity index (χ4n) is 2.79. The van der Waals surface area contributed by atoms with Crippen LogP contribution in [0.1, 0.15) is 27.9 Å². The highest BCUT2D eigenvalue weighted by molar-refractivity contribution is 9.11. The summed E-state index contributed by atoms with van der Waals surface area (Å²) in [6, 6.07) is 7.30. The molecule has 0 fully saturated rings. The fraction of sp³-hybridized carbons (Fsp3) is 0.238. The number of hydrogen-bond donors (Lipinski definition) is 2. The molecule has 2 amide bonds. The minimum absolute atomic E-state index is 0.0842. The summed E-state index contributed by atoms with van der Waals surface area (Å²) in [5.41, 5.74) is -8.26. The van der Waals surface area contributed by atoms with Crippen molar-refractivity contribution in [2.75, 3.05) is 17.2 Å². The van der Waals surface area contributed by atoms with Crippen LogP contribution in [0.15, 0.2) is 39.3 Å². The monoisotopic (exact) mass is 658 g/mol. The van der Waals surface area contributed by atoms with E-state index in [4.69, 9.17) is 10.00 Å². The Morgan fingerprint density at radius 1 is 0.919 bits per heavy atom. The van der Waals surface area contributed by atoms with Crippen LogP contribution in [-0.4, -0.2) is 31.0 Å². The van der Waals surface area contributed by atoms with Gasteiger partial charge in [0.05, 0.1) is 29.4 Å². The summed E-state index contributed by atoms with van der Waals surface area (Å²) in [5, 5.41) is 22.1. The highest BCUT2D eigenvalue weighted by atomic mass is 79.9. The van der Waals surface area contributed by atoms with Crippen molar-refractivity contribution in [3.8, 4) is 12.1 Å². The molecule has 0 heterocycles. The molecule has 16 heteroatoms. The summed E-state index contributed by atoms with van der Waals surface area (Å²) >= 11 is 5.48. The number of benzene rings is 2. The van der Waals surface area contributed by atoms with Gasteiger partial charge in [0.15, 0.2) is 0 Å². The minimum Gasteiger partial charge on any atom is -0.448 e. The summed E-state index contributed by atoms with van der Waals surface area (Å²) in [6.45, 7) is -0.245. The maximum atomic E-state index is 14.4. The predicted octanol–water partition coefficient (Wildman–Crippen LogP) is 7.09. The molecule has 0 radical (unpaired) electrons. The molecule has 0 spiro atoms. The van der Waals surface area contributed by atoms with Gasteiger partial charge in [0.25, 0.3) is 5.91 Å². The van der Waals surface area contributed by atoms with Gasteiger partial charge in [-0.15, -0.1) is 0 Å². The zero-order valence-electron chi connectivity index (χ0n) is 17.8. The first-order valence-electron chi connectivity index (χ1n) is 9.55. The Morgan fingerprint density at radius 2 is 1.49 bits per heavy atom. The normalized spacial score (nSPS) is 11.8. The van der Waals surface area contributed by atoms with Crippen LogP contribution in [0.3, 0.4) is 0 Å². The highest BCUT2D eigenvalue weighted by Crippen LogP contribution is 2.54. The average molecular weight is 660 g/mol. The van der Waals surface area contributed by atoms with E-state index in [0.29, 0.717) is 0 Å². The first-order valence-corrected chi connectivity index (χ1v) is 11.1. The molecule has 0 atom stereocenters. The van der Waals surface area contributed by atoms with Crippen LogP contribution >= 0.6 is 31.9 Å². The van der Waals surface area contributed by atoms with E-state index < -0.39 is 44.5 Å². The number of nitrogens with zero attached hydrogens (tertiary/aromatic N) is 2. The number of ether oxygens (including phenoxy) is 1. The van der Waals surface area contributed by atoms with Gasteiger partial charge in [-0.1, -0.05) is 0 Å². The van der Waals surface area contributed by atoms with Crippen molar-refractivity contribution < 1.29 is 45.1 Å². The lowest BCUT2D eigenvalue weighted by atomic mass is 9.94. The second-order valence-corrected chi connectivity index (χ2v) is 8.67. The molecule has 0 bridgehead atoms. The van der Waals surface area contributed by atoms with E-state index in [2.05, 4.69) is 42.5 Å². The third-order valence-corrected chi connectivity index (χ3v) is 5.80. The molecule has 0 aliphatic carbocycles. The number of hydrogen-bond acceptors (Lipinski definition) is 5. The molecule has 0 saturated carbocycles. The van der Waals surface area contributed by atoms with Crippen molar-refractivity contribution >= 4 is 55.2 Å². The van der Waals surface area contributed by atoms with Crippen molar-refractivity contribution in [3.05, 3.63) is 56.0 Å². The van der Waals surface area contributed by atoms with Gasteiger partial charge in [-0.3, -0.25) is 10.1 Å². The van der Waals surface area contributed by atoms with Gasteiger partial charge >= 0.3 is 24.1 Å². The zero-order valence-corrected chi connectivity index (χ0v) is 21.0. The first kappa shape index (κ1) is 29.9. The van der Waals surface area contributed by atoms with E-state index in [1.165, 1.54) is 0 Å². The minimum atomic E-state index is -6.34. The van der Waals surface area contributed by atoms with Crippen LogP contribution in [0.4, 0.5) is 46.9 Å². The van der Waals surface area contributed by atoms with Crippen LogP contribution in [0.25, 0.3) is 0 Å². The number of nitriles is 2. The van der Waals surface area contributed by atoms with E-state index in [1.807, 2.05) is 0 Å². The third-order valence-electron chi connectivity index (χ3n) is 4.55. The standard InChI is InChI=1S/C21H11Br2F7N4O3/c22-13-7-12(19(24,20(25,26)27)21(28,29)30)8-14(23)16(13)34-17(35)10-2-3-11(9-32)15(6-10)33-18(36)37-5-1-4-31/h2-3,6-8H,1,5H2,(H,33,36)(H,34,35). The van der Waals surface area contributed by atoms with Crippen LogP contribution in [0, 0.1) is 22.7 Å². The van der Waals surface area contributed by atoms with Crippen LogP contribution in [0.5, 0.6) is 0 Å². The predicted molar refractivity (Wildman–Crippen MR) is 121 cm³/mol. The average Bonchev–Trinajstić information content (AvgIpc) is 2.79. The van der Waals surface area contributed by atoms with Gasteiger partial charge in [0.1, 0.15) is 12.7 Å². The number of carbonyl (C=O) groups excluding carboxylic acids is 2. The van der Waals surface area contributed by atoms with Crippen LogP contribution in [-0.2, 0) is 10.4 Å². The molecular weight excluding hydrogens is 649 g/mol. The molecule has 0 saturated heterocycles. The van der Waals surface area contributed by atoms with Crippen molar-refractivity contribution in [1.29, 1.82) is 10.5 Å². The number of nitrogens with one attached hydrogen (secondary N) is 2. The summed E-state index contributed by atoms with van der Waals surface area (Å²) in [5.74, 6) is -0.960. The summed E-state index contributed by atoms with van der Waals surface area (Å²) in [6.07, 6.45) is -13.8. The Hall–Kier alpha value is -3.37. The van der Waals surface area contributed by atoms with Crippen molar-refractivity contribution in [1.82, 2.24) is 0 Å². The maximum Gasteiger partial charge on any atom is 0.435 e. The second kappa shape index (κ2) is 11.4. The summed E-state index contributed by atoms with van der Waals surface area (Å²) in [7, 11) is 0. The maximum absolute atomic E-state index is 14.4. The largest absolute Gasteiger partial charge is 0.448 e. The Kier molecular flexibility index (Phi) is 9.16. The molecule has 0 aromatic heterocycles. The molecule has 2 aromatic carbocycles. The van der Waals surface area contributed by atoms with E-state index in [9.17, 15) is 45.6 Å². The van der Waals surface area contributed by atoms with E-state index in [-0.39, 0.29) is 47.7 Å². The summed E-state index contributed by atoms with van der Waals surface area (Å²) in [4.78, 5) is 24.5.